The van der Waals surface area contributed by atoms with Gasteiger partial charge in [-0.15, -0.1) is 12.8 Å². The van der Waals surface area contributed by atoms with Crippen molar-refractivity contribution in [2.24, 2.45) is 5.92 Å². The maximum absolute atomic E-state index is 4.00. The summed E-state index contributed by atoms with van der Waals surface area (Å²) < 4.78 is 0. The average Bonchev–Trinajstić information content (AvgIpc) is 3.16. The Morgan fingerprint density at radius 2 is 1.82 bits per heavy atom. The number of aromatic amines is 1. The van der Waals surface area contributed by atoms with Gasteiger partial charge in [0.05, 0.1) is 0 Å². The number of likely N-dealkylation sites (tertiary alicyclic amines) is 1. The van der Waals surface area contributed by atoms with Crippen molar-refractivity contribution < 1.29 is 0 Å². The van der Waals surface area contributed by atoms with Gasteiger partial charge in [-0.05, 0) is 106 Å². The second-order valence-electron chi connectivity index (χ2n) is 10.5. The minimum atomic E-state index is 0.495. The zero-order chi connectivity index (χ0) is 24.0. The molecule has 1 aromatic heterocycles. The van der Waals surface area contributed by atoms with Crippen molar-refractivity contribution >= 4 is 16.5 Å². The second-order valence-corrected chi connectivity index (χ2v) is 10.5. The monoisotopic (exact) mass is 444 g/mol. The summed E-state index contributed by atoms with van der Waals surface area (Å²) in [6.07, 6.45) is 20.8. The third-order valence-electron chi connectivity index (χ3n) is 7.40. The van der Waals surface area contributed by atoms with Gasteiger partial charge in [0.2, 0.25) is 0 Å². The molecule has 0 bridgehead atoms. The molecule has 1 aromatic carbocycles. The van der Waals surface area contributed by atoms with Gasteiger partial charge in [0.15, 0.2) is 0 Å². The molecule has 2 nitrogen and oxygen atoms in total. The van der Waals surface area contributed by atoms with Crippen LogP contribution < -0.4 is 0 Å². The number of piperidine rings is 1. The predicted molar refractivity (Wildman–Crippen MR) is 146 cm³/mol. The number of hydrogen-bond donors (Lipinski definition) is 1. The van der Waals surface area contributed by atoms with E-state index in [1.165, 1.54) is 85.0 Å². The standard InChI is InChI=1S/C29H42N2.C2H2/c1-6-8-25(17-20(2)3)29-28(21(4)5)26-18-24(11-12-27(26)30-29)23-13-15-31(16-14-23)19-22-9-7-10-22;1-2/h8,11-12,17-18,21-23,30H,6-7,9-10,13-16,19H2,1-5H3;1-2H/b25-8+;. The summed E-state index contributed by atoms with van der Waals surface area (Å²) in [5.41, 5.74) is 8.33. The first-order chi connectivity index (χ1) is 16.0. The molecule has 178 valence electrons. The number of nitrogens with one attached hydrogen (secondary N) is 1. The minimum absolute atomic E-state index is 0.495. The molecule has 1 saturated carbocycles. The molecule has 0 unspecified atom stereocenters. The zero-order valence-electron chi connectivity index (χ0n) is 21.6. The van der Waals surface area contributed by atoms with E-state index in [1.54, 1.807) is 5.56 Å². The highest BCUT2D eigenvalue weighted by Gasteiger charge is 2.26. The van der Waals surface area contributed by atoms with Crippen molar-refractivity contribution in [2.75, 3.05) is 19.6 Å². The number of allylic oxidation sites excluding steroid dienone is 4. The van der Waals surface area contributed by atoms with Crippen LogP contribution >= 0.6 is 0 Å². The van der Waals surface area contributed by atoms with Crippen molar-refractivity contribution in [3.05, 3.63) is 52.7 Å². The van der Waals surface area contributed by atoms with Gasteiger partial charge < -0.3 is 9.88 Å². The van der Waals surface area contributed by atoms with Crippen molar-refractivity contribution in [1.29, 1.82) is 0 Å². The summed E-state index contributed by atoms with van der Waals surface area (Å²) in [4.78, 5) is 6.52. The van der Waals surface area contributed by atoms with Crippen LogP contribution in [0.15, 0.2) is 35.9 Å². The number of benzene rings is 1. The molecule has 1 saturated heterocycles. The molecular weight excluding hydrogens is 400 g/mol. The van der Waals surface area contributed by atoms with Crippen molar-refractivity contribution in [3.63, 3.8) is 0 Å². The van der Waals surface area contributed by atoms with Crippen molar-refractivity contribution in [3.8, 4) is 12.8 Å². The third-order valence-corrected chi connectivity index (χ3v) is 7.40. The van der Waals surface area contributed by atoms with E-state index >= 15 is 0 Å². The molecule has 33 heavy (non-hydrogen) atoms. The lowest BCUT2D eigenvalue weighted by molar-refractivity contribution is 0.147. The Labute approximate surface area is 202 Å². The Kier molecular flexibility index (Phi) is 9.04. The van der Waals surface area contributed by atoms with E-state index in [1.807, 2.05) is 0 Å². The number of hydrogen-bond acceptors (Lipinski definition) is 1. The van der Waals surface area contributed by atoms with Gasteiger partial charge in [0.1, 0.15) is 0 Å². The lowest BCUT2D eigenvalue weighted by atomic mass is 9.83. The Hall–Kier alpha value is -2.24. The van der Waals surface area contributed by atoms with Crippen LogP contribution in [0, 0.1) is 18.8 Å². The topological polar surface area (TPSA) is 19.0 Å². The van der Waals surface area contributed by atoms with Crippen LogP contribution in [0.1, 0.15) is 102 Å². The fourth-order valence-electron chi connectivity index (χ4n) is 5.57. The molecule has 2 aliphatic rings. The predicted octanol–water partition coefficient (Wildman–Crippen LogP) is 8.28. The summed E-state index contributed by atoms with van der Waals surface area (Å²) in [7, 11) is 0. The molecular formula is C31H44N2. The molecule has 2 heterocycles. The molecule has 2 fully saturated rings. The molecule has 0 atom stereocenters. The maximum Gasteiger partial charge on any atom is 0.0496 e. The molecule has 4 rings (SSSR count). The van der Waals surface area contributed by atoms with Crippen LogP contribution in [-0.4, -0.2) is 29.5 Å². The summed E-state index contributed by atoms with van der Waals surface area (Å²) >= 11 is 0. The highest BCUT2D eigenvalue weighted by Crippen LogP contribution is 2.38. The molecule has 0 spiro atoms. The summed E-state index contributed by atoms with van der Waals surface area (Å²) in [5.74, 6) is 2.20. The van der Waals surface area contributed by atoms with Crippen LogP contribution in [0.2, 0.25) is 0 Å². The molecule has 1 N–H and O–H groups in total. The van der Waals surface area contributed by atoms with Crippen molar-refractivity contribution in [2.45, 2.75) is 85.0 Å². The van der Waals surface area contributed by atoms with E-state index in [0.717, 1.165) is 12.3 Å². The van der Waals surface area contributed by atoms with Gasteiger partial charge in [-0.3, -0.25) is 0 Å². The quantitative estimate of drug-likeness (QED) is 0.336. The normalized spacial score (nSPS) is 18.1. The first-order valence-electron chi connectivity index (χ1n) is 13.0. The number of H-pyrrole nitrogens is 1. The van der Waals surface area contributed by atoms with Gasteiger partial charge in [0, 0.05) is 23.1 Å². The largest absolute Gasteiger partial charge is 0.354 e. The second kappa shape index (κ2) is 11.8. The van der Waals surface area contributed by atoms with Gasteiger partial charge >= 0.3 is 0 Å². The molecule has 2 heteroatoms. The Morgan fingerprint density at radius 3 is 2.36 bits per heavy atom. The van der Waals surface area contributed by atoms with Crippen LogP contribution in [0.4, 0.5) is 0 Å². The van der Waals surface area contributed by atoms with Gasteiger partial charge in [-0.1, -0.05) is 51.0 Å². The van der Waals surface area contributed by atoms with E-state index in [9.17, 15) is 0 Å². The Bertz CT molecular complexity index is 985. The summed E-state index contributed by atoms with van der Waals surface area (Å²) in [6.45, 7) is 15.2. The molecule has 0 amide bonds. The molecule has 1 aliphatic heterocycles. The molecule has 0 radical (unpaired) electrons. The van der Waals surface area contributed by atoms with E-state index in [-0.39, 0.29) is 0 Å². The van der Waals surface area contributed by atoms with E-state index in [2.05, 4.69) is 87.7 Å². The van der Waals surface area contributed by atoms with Crippen LogP contribution in [0.25, 0.3) is 16.5 Å². The number of fused-ring (bicyclic) bond motifs is 1. The van der Waals surface area contributed by atoms with Crippen LogP contribution in [-0.2, 0) is 0 Å². The number of terminal acetylenes is 1. The number of rotatable bonds is 7. The molecule has 2 aromatic rings. The highest BCUT2D eigenvalue weighted by atomic mass is 15.1. The van der Waals surface area contributed by atoms with Gasteiger partial charge in [-0.2, -0.15) is 0 Å². The first kappa shape index (κ1) is 25.4. The lowest BCUT2D eigenvalue weighted by Crippen LogP contribution is -2.38. The van der Waals surface area contributed by atoms with Gasteiger partial charge in [0.25, 0.3) is 0 Å². The smallest absolute Gasteiger partial charge is 0.0496 e. The highest BCUT2D eigenvalue weighted by molar-refractivity contribution is 5.92. The summed E-state index contributed by atoms with van der Waals surface area (Å²) in [6, 6.07) is 7.25. The van der Waals surface area contributed by atoms with E-state index < -0.39 is 0 Å². The lowest BCUT2D eigenvalue weighted by Gasteiger charge is -2.37. The average molecular weight is 445 g/mol. The Morgan fingerprint density at radius 1 is 1.12 bits per heavy atom. The fraction of sp³-hybridized carbons (Fsp3) is 0.548. The maximum atomic E-state index is 4.00. The van der Waals surface area contributed by atoms with E-state index in [0.29, 0.717) is 11.8 Å². The number of nitrogens with zero attached hydrogens (tertiary/aromatic N) is 1. The number of aromatic nitrogens is 1. The molecule has 1 aliphatic carbocycles. The van der Waals surface area contributed by atoms with Gasteiger partial charge in [-0.25, -0.2) is 0 Å². The van der Waals surface area contributed by atoms with Crippen LogP contribution in [0.3, 0.4) is 0 Å². The summed E-state index contributed by atoms with van der Waals surface area (Å²) in [5, 5.41) is 1.43. The Balaban J connectivity index is 0.00000149. The van der Waals surface area contributed by atoms with Crippen molar-refractivity contribution in [1.82, 2.24) is 9.88 Å². The SMILES string of the molecule is C#C.CC/C=C(\C=C(C)C)c1[nH]c2ccc(C3CCN(CC4CCC4)CC3)cc2c1C(C)C. The zero-order valence-corrected chi connectivity index (χ0v) is 21.6. The van der Waals surface area contributed by atoms with E-state index in [4.69, 9.17) is 0 Å². The minimum Gasteiger partial charge on any atom is -0.354 e. The third kappa shape index (κ3) is 6.01. The van der Waals surface area contributed by atoms with Crippen LogP contribution in [0.5, 0.6) is 0 Å². The fourth-order valence-corrected chi connectivity index (χ4v) is 5.57. The first-order valence-corrected chi connectivity index (χ1v) is 13.0.